The molecule has 1 fully saturated rings. The number of rotatable bonds is 5. The molecule has 2 amide bonds. The van der Waals surface area contributed by atoms with Crippen molar-refractivity contribution in [3.63, 3.8) is 0 Å². The minimum absolute atomic E-state index is 0.237. The molecule has 0 radical (unpaired) electrons. The van der Waals surface area contributed by atoms with Gasteiger partial charge in [0.05, 0.1) is 10.0 Å². The van der Waals surface area contributed by atoms with E-state index in [2.05, 4.69) is 5.32 Å². The molecule has 0 bridgehead atoms. The Morgan fingerprint density at radius 2 is 1.88 bits per heavy atom. The van der Waals surface area contributed by atoms with Crippen LogP contribution in [0.4, 0.5) is 5.69 Å². The van der Waals surface area contributed by atoms with Crippen molar-refractivity contribution < 1.29 is 18.7 Å². The minimum Gasteiger partial charge on any atom is -0.484 e. The molecule has 166 valence electrons. The maximum Gasteiger partial charge on any atom is 0.336 e. The van der Waals surface area contributed by atoms with Crippen molar-refractivity contribution in [2.75, 3.05) is 18.5 Å². The van der Waals surface area contributed by atoms with E-state index in [9.17, 15) is 14.4 Å². The van der Waals surface area contributed by atoms with Crippen molar-refractivity contribution in [2.45, 2.75) is 25.3 Å². The van der Waals surface area contributed by atoms with Crippen LogP contribution in [0.5, 0.6) is 5.75 Å². The molecule has 0 saturated carbocycles. The number of hydrogen-bond donors (Lipinski definition) is 1. The number of carbonyl (C=O) groups is 2. The van der Waals surface area contributed by atoms with Gasteiger partial charge in [0.2, 0.25) is 5.91 Å². The van der Waals surface area contributed by atoms with Gasteiger partial charge in [-0.05, 0) is 55.7 Å². The number of nitrogens with zero attached hydrogens (tertiary/aromatic N) is 1. The zero-order chi connectivity index (χ0) is 22.7. The molecule has 9 heteroatoms. The van der Waals surface area contributed by atoms with Gasteiger partial charge in [-0.2, -0.15) is 0 Å². The summed E-state index contributed by atoms with van der Waals surface area (Å²) in [6, 6.07) is 12.2. The number of anilines is 1. The summed E-state index contributed by atoms with van der Waals surface area (Å²) in [5.41, 5.74) is 0.422. The number of amides is 2. The summed E-state index contributed by atoms with van der Waals surface area (Å²) < 4.78 is 10.8. The Hall–Kier alpha value is -3.03. The van der Waals surface area contributed by atoms with Gasteiger partial charge in [0.25, 0.3) is 5.91 Å². The van der Waals surface area contributed by atoms with Crippen LogP contribution in [0.2, 0.25) is 10.0 Å². The highest BCUT2D eigenvalue weighted by atomic mass is 35.5. The first-order valence-electron chi connectivity index (χ1n) is 10.1. The molecule has 2 aromatic carbocycles. The van der Waals surface area contributed by atoms with Gasteiger partial charge in [-0.25, -0.2) is 4.79 Å². The fraction of sp³-hybridized carbons (Fsp3) is 0.261. The van der Waals surface area contributed by atoms with Gasteiger partial charge in [0.1, 0.15) is 17.4 Å². The van der Waals surface area contributed by atoms with Crippen molar-refractivity contribution in [1.82, 2.24) is 4.90 Å². The lowest BCUT2D eigenvalue weighted by atomic mass is 10.0. The first-order valence-corrected chi connectivity index (χ1v) is 10.9. The monoisotopic (exact) mass is 474 g/mol. The van der Waals surface area contributed by atoms with Gasteiger partial charge < -0.3 is 19.4 Å². The summed E-state index contributed by atoms with van der Waals surface area (Å²) in [5, 5.41) is 4.28. The number of carbonyl (C=O) groups excluding carboxylic acids is 2. The molecular formula is C23H20Cl2N2O5. The third-order valence-corrected chi connectivity index (χ3v) is 6.01. The average molecular weight is 475 g/mol. The predicted molar refractivity (Wildman–Crippen MR) is 122 cm³/mol. The second-order valence-electron chi connectivity index (χ2n) is 7.46. The molecular weight excluding hydrogens is 455 g/mol. The highest BCUT2D eigenvalue weighted by molar-refractivity contribution is 6.42. The van der Waals surface area contributed by atoms with E-state index in [1.165, 1.54) is 11.0 Å². The molecule has 4 rings (SSSR count). The summed E-state index contributed by atoms with van der Waals surface area (Å²) in [7, 11) is 0. The van der Waals surface area contributed by atoms with Gasteiger partial charge in [-0.1, -0.05) is 23.2 Å². The van der Waals surface area contributed by atoms with Gasteiger partial charge in [0.15, 0.2) is 6.61 Å². The molecule has 0 spiro atoms. The van der Waals surface area contributed by atoms with Crippen LogP contribution in [0.25, 0.3) is 11.0 Å². The zero-order valence-electron chi connectivity index (χ0n) is 17.0. The molecule has 1 unspecified atom stereocenters. The van der Waals surface area contributed by atoms with Crippen LogP contribution in [-0.4, -0.2) is 35.9 Å². The van der Waals surface area contributed by atoms with E-state index in [0.29, 0.717) is 40.0 Å². The van der Waals surface area contributed by atoms with Crippen LogP contribution < -0.4 is 15.7 Å². The standard InChI is InChI=1S/C23H20Cl2N2O5/c24-17-8-6-15(11-18(17)25)26-23(30)19-3-1-2-10-27(19)21(28)13-31-16-7-4-14-5-9-22(29)32-20(14)12-16/h4-9,11-12,19H,1-3,10,13H2,(H,26,30). The number of ether oxygens (including phenoxy) is 1. The minimum atomic E-state index is -0.607. The van der Waals surface area contributed by atoms with E-state index < -0.39 is 11.7 Å². The highest BCUT2D eigenvalue weighted by Gasteiger charge is 2.32. The number of piperidine rings is 1. The van der Waals surface area contributed by atoms with Gasteiger partial charge >= 0.3 is 5.63 Å². The first-order chi connectivity index (χ1) is 15.4. The number of hydrogen-bond acceptors (Lipinski definition) is 5. The van der Waals surface area contributed by atoms with Crippen LogP contribution in [-0.2, 0) is 9.59 Å². The van der Waals surface area contributed by atoms with Crippen LogP contribution in [0.1, 0.15) is 19.3 Å². The molecule has 3 aromatic rings. The molecule has 1 aromatic heterocycles. The smallest absolute Gasteiger partial charge is 0.336 e. The van der Waals surface area contributed by atoms with Crippen LogP contribution in [0.3, 0.4) is 0 Å². The van der Waals surface area contributed by atoms with E-state index in [-0.39, 0.29) is 18.4 Å². The van der Waals surface area contributed by atoms with Crippen LogP contribution in [0.15, 0.2) is 57.7 Å². The van der Waals surface area contributed by atoms with Crippen molar-refractivity contribution in [3.8, 4) is 5.75 Å². The van der Waals surface area contributed by atoms with E-state index >= 15 is 0 Å². The molecule has 1 aliphatic rings. The van der Waals surface area contributed by atoms with E-state index in [0.717, 1.165) is 18.2 Å². The fourth-order valence-electron chi connectivity index (χ4n) is 3.66. The Morgan fingerprint density at radius 3 is 2.69 bits per heavy atom. The Balaban J connectivity index is 1.42. The lowest BCUT2D eigenvalue weighted by Crippen LogP contribution is -2.51. The number of halogens is 2. The number of likely N-dealkylation sites (tertiary alicyclic amines) is 1. The highest BCUT2D eigenvalue weighted by Crippen LogP contribution is 2.26. The van der Waals surface area contributed by atoms with Crippen LogP contribution >= 0.6 is 23.2 Å². The maximum absolute atomic E-state index is 12.9. The molecule has 1 N–H and O–H groups in total. The largest absolute Gasteiger partial charge is 0.484 e. The Labute approximate surface area is 193 Å². The molecule has 2 heterocycles. The second-order valence-corrected chi connectivity index (χ2v) is 8.27. The number of fused-ring (bicyclic) bond motifs is 1. The summed E-state index contributed by atoms with van der Waals surface area (Å²) in [6.07, 6.45) is 2.21. The molecule has 7 nitrogen and oxygen atoms in total. The summed E-state index contributed by atoms with van der Waals surface area (Å²) in [4.78, 5) is 38.7. The normalized spacial score (nSPS) is 16.1. The fourth-order valence-corrected chi connectivity index (χ4v) is 3.96. The van der Waals surface area contributed by atoms with Crippen molar-refractivity contribution in [1.29, 1.82) is 0 Å². The molecule has 32 heavy (non-hydrogen) atoms. The van der Waals surface area contributed by atoms with Crippen molar-refractivity contribution >= 4 is 51.7 Å². The number of benzene rings is 2. The molecule has 1 atom stereocenters. The molecule has 0 aliphatic carbocycles. The van der Waals surface area contributed by atoms with Gasteiger partial charge in [-0.15, -0.1) is 0 Å². The predicted octanol–water partition coefficient (Wildman–Crippen LogP) is 4.50. The first kappa shape index (κ1) is 22.2. The lowest BCUT2D eigenvalue weighted by Gasteiger charge is -2.34. The maximum atomic E-state index is 12.9. The zero-order valence-corrected chi connectivity index (χ0v) is 18.5. The Morgan fingerprint density at radius 1 is 1.06 bits per heavy atom. The van der Waals surface area contributed by atoms with E-state index in [4.69, 9.17) is 32.4 Å². The topological polar surface area (TPSA) is 88.9 Å². The number of nitrogens with one attached hydrogen (secondary N) is 1. The van der Waals surface area contributed by atoms with Gasteiger partial charge in [0, 0.05) is 29.8 Å². The quantitative estimate of drug-likeness (QED) is 0.549. The average Bonchev–Trinajstić information content (AvgIpc) is 2.79. The summed E-state index contributed by atoms with van der Waals surface area (Å²) >= 11 is 11.9. The third-order valence-electron chi connectivity index (χ3n) is 5.27. The summed E-state index contributed by atoms with van der Waals surface area (Å²) in [6.45, 7) is 0.230. The van der Waals surface area contributed by atoms with Gasteiger partial charge in [-0.3, -0.25) is 9.59 Å². The SMILES string of the molecule is O=C(Nc1ccc(Cl)c(Cl)c1)C1CCCCN1C(=O)COc1ccc2ccc(=O)oc2c1. The second kappa shape index (κ2) is 9.63. The summed E-state index contributed by atoms with van der Waals surface area (Å²) in [5.74, 6) is -0.188. The Bertz CT molecular complexity index is 1230. The van der Waals surface area contributed by atoms with Crippen molar-refractivity contribution in [2.24, 2.45) is 0 Å². The molecule has 1 saturated heterocycles. The van der Waals surface area contributed by atoms with Crippen LogP contribution in [0, 0.1) is 0 Å². The van der Waals surface area contributed by atoms with E-state index in [1.807, 2.05) is 0 Å². The Kier molecular flexibility index (Phi) is 6.67. The van der Waals surface area contributed by atoms with Crippen molar-refractivity contribution in [3.05, 3.63) is 69.0 Å². The molecule has 1 aliphatic heterocycles. The third kappa shape index (κ3) is 5.06. The van der Waals surface area contributed by atoms with E-state index in [1.54, 1.807) is 42.5 Å². The lowest BCUT2D eigenvalue weighted by molar-refractivity contribution is -0.142.